The average molecular weight is 158 g/mol. The number of hydrogen-bond donors (Lipinski definition) is 0. The lowest BCUT2D eigenvalue weighted by molar-refractivity contribution is 1.56. The molecule has 0 bridgehead atoms. The van der Waals surface area contributed by atoms with Crippen LogP contribution in [0.1, 0.15) is 19.4 Å². The summed E-state index contributed by atoms with van der Waals surface area (Å²) < 4.78 is 0. The summed E-state index contributed by atoms with van der Waals surface area (Å²) in [6, 6.07) is 10.4. The molecular weight excluding hydrogens is 144 g/mol. The van der Waals surface area contributed by atoms with Gasteiger partial charge in [0.25, 0.3) is 0 Å². The molecule has 0 nitrogen and oxygen atoms in total. The molecule has 0 saturated heterocycles. The van der Waals surface area contributed by atoms with Gasteiger partial charge in [0, 0.05) is 0 Å². The molecular formula is C12H14. The summed E-state index contributed by atoms with van der Waals surface area (Å²) in [5, 5.41) is 0. The maximum atomic E-state index is 2.12. The van der Waals surface area contributed by atoms with Gasteiger partial charge in [-0.3, -0.25) is 0 Å². The van der Waals surface area contributed by atoms with Gasteiger partial charge in [0.2, 0.25) is 0 Å². The molecule has 62 valence electrons. The van der Waals surface area contributed by atoms with Gasteiger partial charge >= 0.3 is 0 Å². The van der Waals surface area contributed by atoms with Crippen molar-refractivity contribution in [2.75, 3.05) is 0 Å². The van der Waals surface area contributed by atoms with Crippen LogP contribution in [0, 0.1) is 0 Å². The van der Waals surface area contributed by atoms with Crippen LogP contribution >= 0.6 is 0 Å². The van der Waals surface area contributed by atoms with E-state index in [-0.39, 0.29) is 0 Å². The van der Waals surface area contributed by atoms with E-state index in [1.54, 1.807) is 0 Å². The van der Waals surface area contributed by atoms with E-state index >= 15 is 0 Å². The highest BCUT2D eigenvalue weighted by Crippen LogP contribution is 2.12. The fourth-order valence-electron chi connectivity index (χ4n) is 1.04. The Hall–Kier alpha value is -1.30. The van der Waals surface area contributed by atoms with Crippen LogP contribution in [0.3, 0.4) is 0 Å². The van der Waals surface area contributed by atoms with Crippen LogP contribution in [0.4, 0.5) is 0 Å². The Morgan fingerprint density at radius 1 is 1.17 bits per heavy atom. The van der Waals surface area contributed by atoms with Gasteiger partial charge in [0.1, 0.15) is 0 Å². The zero-order valence-electron chi connectivity index (χ0n) is 7.62. The van der Waals surface area contributed by atoms with Gasteiger partial charge in [-0.05, 0) is 25.0 Å². The Kier molecular flexibility index (Phi) is 3.34. The van der Waals surface area contributed by atoms with Crippen molar-refractivity contribution in [3.05, 3.63) is 54.1 Å². The number of rotatable bonds is 2. The minimum Gasteiger partial charge on any atom is -0.0877 e. The summed E-state index contributed by atoms with van der Waals surface area (Å²) in [5.74, 6) is 0. The van der Waals surface area contributed by atoms with Crippen molar-refractivity contribution in [2.24, 2.45) is 0 Å². The SMILES string of the molecule is C/C=C/C=C(\C)c1ccccc1. The van der Waals surface area contributed by atoms with E-state index in [9.17, 15) is 0 Å². The lowest BCUT2D eigenvalue weighted by Crippen LogP contribution is -1.75. The number of benzene rings is 1. The molecule has 0 spiro atoms. The molecule has 0 aliphatic rings. The lowest BCUT2D eigenvalue weighted by Gasteiger charge is -1.97. The van der Waals surface area contributed by atoms with Gasteiger partial charge in [-0.25, -0.2) is 0 Å². The number of allylic oxidation sites excluding steroid dienone is 4. The van der Waals surface area contributed by atoms with Crippen molar-refractivity contribution in [2.45, 2.75) is 13.8 Å². The van der Waals surface area contributed by atoms with E-state index in [0.717, 1.165) is 0 Å². The third-order valence-electron chi connectivity index (χ3n) is 1.77. The highest BCUT2D eigenvalue weighted by Gasteiger charge is 1.89. The van der Waals surface area contributed by atoms with E-state index in [1.165, 1.54) is 11.1 Å². The van der Waals surface area contributed by atoms with Crippen LogP contribution in [-0.4, -0.2) is 0 Å². The van der Waals surface area contributed by atoms with Gasteiger partial charge in [0.15, 0.2) is 0 Å². The quantitative estimate of drug-likeness (QED) is 0.576. The smallest absolute Gasteiger partial charge is 0.0227 e. The molecule has 0 heterocycles. The first-order chi connectivity index (χ1) is 5.84. The summed E-state index contributed by atoms with van der Waals surface area (Å²) in [5.41, 5.74) is 2.59. The first-order valence-electron chi connectivity index (χ1n) is 4.19. The minimum absolute atomic E-state index is 1.29. The van der Waals surface area contributed by atoms with Crippen molar-refractivity contribution >= 4 is 5.57 Å². The molecule has 0 unspecified atom stereocenters. The molecule has 1 rings (SSSR count). The van der Waals surface area contributed by atoms with Crippen molar-refractivity contribution in [1.29, 1.82) is 0 Å². The van der Waals surface area contributed by atoms with E-state index in [1.807, 2.05) is 19.1 Å². The van der Waals surface area contributed by atoms with Gasteiger partial charge in [-0.2, -0.15) is 0 Å². The molecule has 0 N–H and O–H groups in total. The standard InChI is InChI=1S/C12H14/c1-3-4-8-11(2)12-9-6-5-7-10-12/h3-10H,1-2H3/b4-3+,11-8+. The predicted molar refractivity (Wildman–Crippen MR) is 54.9 cm³/mol. The Labute approximate surface area is 74.2 Å². The average Bonchev–Trinajstić information content (AvgIpc) is 2.15. The van der Waals surface area contributed by atoms with Gasteiger partial charge in [-0.1, -0.05) is 48.6 Å². The maximum absolute atomic E-state index is 2.12. The first kappa shape index (κ1) is 8.79. The molecule has 0 radical (unpaired) electrons. The normalized spacial score (nSPS) is 12.3. The molecule has 0 fully saturated rings. The third-order valence-corrected chi connectivity index (χ3v) is 1.77. The Morgan fingerprint density at radius 3 is 2.42 bits per heavy atom. The molecule has 1 aromatic rings. The molecule has 0 aliphatic heterocycles. The van der Waals surface area contributed by atoms with Crippen molar-refractivity contribution in [3.63, 3.8) is 0 Å². The molecule has 12 heavy (non-hydrogen) atoms. The number of hydrogen-bond acceptors (Lipinski definition) is 0. The lowest BCUT2D eigenvalue weighted by atomic mass is 10.1. The molecule has 0 saturated carbocycles. The van der Waals surface area contributed by atoms with E-state index in [2.05, 4.69) is 43.3 Å². The second kappa shape index (κ2) is 4.55. The minimum atomic E-state index is 1.29. The first-order valence-corrected chi connectivity index (χ1v) is 4.19. The molecule has 0 aromatic heterocycles. The molecule has 0 atom stereocenters. The Balaban J connectivity index is 2.85. The second-order valence-electron chi connectivity index (χ2n) is 2.74. The zero-order chi connectivity index (χ0) is 8.81. The van der Waals surface area contributed by atoms with E-state index in [0.29, 0.717) is 0 Å². The van der Waals surface area contributed by atoms with Crippen LogP contribution in [-0.2, 0) is 0 Å². The van der Waals surface area contributed by atoms with Crippen LogP contribution in [0.5, 0.6) is 0 Å². The van der Waals surface area contributed by atoms with Crippen molar-refractivity contribution < 1.29 is 0 Å². The molecule has 0 aliphatic carbocycles. The summed E-state index contributed by atoms with van der Waals surface area (Å²) in [4.78, 5) is 0. The topological polar surface area (TPSA) is 0 Å². The van der Waals surface area contributed by atoms with Crippen LogP contribution < -0.4 is 0 Å². The second-order valence-corrected chi connectivity index (χ2v) is 2.74. The highest BCUT2D eigenvalue weighted by atomic mass is 13.9. The molecule has 0 heteroatoms. The highest BCUT2D eigenvalue weighted by molar-refractivity contribution is 5.64. The molecule has 0 amide bonds. The fraction of sp³-hybridized carbons (Fsp3) is 0.167. The van der Waals surface area contributed by atoms with Crippen LogP contribution in [0.25, 0.3) is 5.57 Å². The van der Waals surface area contributed by atoms with Gasteiger partial charge < -0.3 is 0 Å². The van der Waals surface area contributed by atoms with E-state index in [4.69, 9.17) is 0 Å². The summed E-state index contributed by atoms with van der Waals surface area (Å²) in [7, 11) is 0. The Morgan fingerprint density at radius 2 is 1.83 bits per heavy atom. The van der Waals surface area contributed by atoms with Crippen LogP contribution in [0.2, 0.25) is 0 Å². The van der Waals surface area contributed by atoms with E-state index < -0.39 is 0 Å². The van der Waals surface area contributed by atoms with Crippen molar-refractivity contribution in [1.82, 2.24) is 0 Å². The molecule has 1 aromatic carbocycles. The van der Waals surface area contributed by atoms with Gasteiger partial charge in [0.05, 0.1) is 0 Å². The summed E-state index contributed by atoms with van der Waals surface area (Å²) in [6.07, 6.45) is 6.21. The predicted octanol–water partition coefficient (Wildman–Crippen LogP) is 3.67. The largest absolute Gasteiger partial charge is 0.0877 e. The fourth-order valence-corrected chi connectivity index (χ4v) is 1.04. The zero-order valence-corrected chi connectivity index (χ0v) is 7.62. The monoisotopic (exact) mass is 158 g/mol. The third kappa shape index (κ3) is 2.39. The van der Waals surface area contributed by atoms with Gasteiger partial charge in [-0.15, -0.1) is 0 Å². The Bertz CT molecular complexity index is 278. The van der Waals surface area contributed by atoms with Crippen LogP contribution in [0.15, 0.2) is 48.6 Å². The van der Waals surface area contributed by atoms with Crippen molar-refractivity contribution in [3.8, 4) is 0 Å². The summed E-state index contributed by atoms with van der Waals surface area (Å²) in [6.45, 7) is 4.14. The summed E-state index contributed by atoms with van der Waals surface area (Å²) >= 11 is 0. The maximum Gasteiger partial charge on any atom is -0.0227 e.